The number of nitrogens with zero attached hydrogens (tertiary/aromatic N) is 1. The van der Waals surface area contributed by atoms with Gasteiger partial charge in [0.15, 0.2) is 0 Å². The number of hydrogen-bond donors (Lipinski definition) is 2. The van der Waals surface area contributed by atoms with Crippen molar-refractivity contribution in [2.75, 3.05) is 26.3 Å². The van der Waals surface area contributed by atoms with Crippen LogP contribution in [-0.4, -0.2) is 49.2 Å². The van der Waals surface area contributed by atoms with E-state index in [0.29, 0.717) is 19.8 Å². The number of morpholine rings is 1. The zero-order valence-electron chi connectivity index (χ0n) is 10.4. The van der Waals surface area contributed by atoms with Crippen molar-refractivity contribution in [3.63, 3.8) is 0 Å². The monoisotopic (exact) mass is 273 g/mol. The molecule has 5 nitrogen and oxygen atoms in total. The van der Waals surface area contributed by atoms with Gasteiger partial charge in [-0.1, -0.05) is 0 Å². The summed E-state index contributed by atoms with van der Waals surface area (Å²) >= 11 is 0. The topological polar surface area (TPSA) is 55.3 Å². The van der Waals surface area contributed by atoms with Gasteiger partial charge in [-0.2, -0.15) is 0 Å². The Morgan fingerprint density at radius 2 is 2.47 bits per heavy atom. The van der Waals surface area contributed by atoms with Crippen LogP contribution in [0.1, 0.15) is 10.5 Å². The molecule has 1 amide bonds. The molecule has 1 aromatic heterocycles. The number of carbonyl (C=O) groups excluding carboxylic acids is 1. The fourth-order valence-corrected chi connectivity index (χ4v) is 1.99. The molecule has 19 heavy (non-hydrogen) atoms. The standard InChI is InChI=1S/C12H17F2N3O2/c13-11(14)7-17-4-1-2-10(17)12(18)16-6-9-8-19-5-3-15-9/h1-2,4,9,11,15H,3,5-8H2,(H,16,18). The Balaban J connectivity index is 1.87. The summed E-state index contributed by atoms with van der Waals surface area (Å²) in [5.74, 6) is -0.349. The van der Waals surface area contributed by atoms with Gasteiger partial charge in [0.05, 0.1) is 19.8 Å². The maximum atomic E-state index is 12.3. The lowest BCUT2D eigenvalue weighted by molar-refractivity contribution is 0.0730. The van der Waals surface area contributed by atoms with E-state index >= 15 is 0 Å². The van der Waals surface area contributed by atoms with E-state index in [0.717, 1.165) is 6.54 Å². The average molecular weight is 273 g/mol. The molecule has 1 saturated heterocycles. The zero-order valence-corrected chi connectivity index (χ0v) is 10.4. The second-order valence-electron chi connectivity index (χ2n) is 4.37. The number of nitrogens with one attached hydrogen (secondary N) is 2. The molecule has 0 bridgehead atoms. The SMILES string of the molecule is O=C(NCC1COCCN1)c1cccn1CC(F)F. The highest BCUT2D eigenvalue weighted by Gasteiger charge is 2.17. The summed E-state index contributed by atoms with van der Waals surface area (Å²) in [6.45, 7) is 1.90. The van der Waals surface area contributed by atoms with Gasteiger partial charge in [-0.05, 0) is 12.1 Å². The van der Waals surface area contributed by atoms with E-state index in [-0.39, 0.29) is 17.6 Å². The Bertz CT molecular complexity index is 417. The Morgan fingerprint density at radius 1 is 1.63 bits per heavy atom. The van der Waals surface area contributed by atoms with Crippen LogP contribution in [0.2, 0.25) is 0 Å². The lowest BCUT2D eigenvalue weighted by Crippen LogP contribution is -2.48. The van der Waals surface area contributed by atoms with Crippen LogP contribution in [0.3, 0.4) is 0 Å². The van der Waals surface area contributed by atoms with Crippen LogP contribution >= 0.6 is 0 Å². The van der Waals surface area contributed by atoms with Crippen LogP contribution in [-0.2, 0) is 11.3 Å². The summed E-state index contributed by atoms with van der Waals surface area (Å²) in [4.78, 5) is 11.9. The van der Waals surface area contributed by atoms with Crippen LogP contribution in [0.5, 0.6) is 0 Å². The Morgan fingerprint density at radius 3 is 3.16 bits per heavy atom. The van der Waals surface area contributed by atoms with Gasteiger partial charge in [0.1, 0.15) is 5.69 Å². The number of alkyl halides is 2. The van der Waals surface area contributed by atoms with Crippen LogP contribution in [0, 0.1) is 0 Å². The van der Waals surface area contributed by atoms with Crippen LogP contribution in [0.25, 0.3) is 0 Å². The smallest absolute Gasteiger partial charge is 0.267 e. The maximum Gasteiger partial charge on any atom is 0.267 e. The first-order valence-corrected chi connectivity index (χ1v) is 6.19. The van der Waals surface area contributed by atoms with E-state index in [4.69, 9.17) is 4.74 Å². The van der Waals surface area contributed by atoms with Crippen LogP contribution < -0.4 is 10.6 Å². The third kappa shape index (κ3) is 4.00. The number of rotatable bonds is 5. The van der Waals surface area contributed by atoms with Gasteiger partial charge in [-0.15, -0.1) is 0 Å². The Labute approximate surface area is 109 Å². The summed E-state index contributed by atoms with van der Waals surface area (Å²) in [6, 6.07) is 3.18. The molecule has 0 radical (unpaired) electrons. The Kier molecular flexibility index (Phi) is 4.86. The molecule has 1 atom stereocenters. The van der Waals surface area contributed by atoms with Crippen molar-refractivity contribution in [1.29, 1.82) is 0 Å². The quantitative estimate of drug-likeness (QED) is 0.820. The van der Waals surface area contributed by atoms with Crippen molar-refractivity contribution >= 4 is 5.91 Å². The van der Waals surface area contributed by atoms with E-state index < -0.39 is 13.0 Å². The molecule has 0 aliphatic carbocycles. The minimum atomic E-state index is -2.48. The highest BCUT2D eigenvalue weighted by Crippen LogP contribution is 2.06. The predicted molar refractivity (Wildman–Crippen MR) is 65.4 cm³/mol. The fourth-order valence-electron chi connectivity index (χ4n) is 1.99. The van der Waals surface area contributed by atoms with E-state index in [1.165, 1.54) is 16.8 Å². The minimum Gasteiger partial charge on any atom is -0.378 e. The summed E-state index contributed by atoms with van der Waals surface area (Å²) in [5, 5.41) is 5.92. The van der Waals surface area contributed by atoms with Gasteiger partial charge in [0, 0.05) is 25.3 Å². The number of ether oxygens (including phenoxy) is 1. The molecular weight excluding hydrogens is 256 g/mol. The lowest BCUT2D eigenvalue weighted by Gasteiger charge is -2.24. The second-order valence-corrected chi connectivity index (χ2v) is 4.37. The molecule has 1 aromatic rings. The second kappa shape index (κ2) is 6.63. The van der Waals surface area contributed by atoms with Gasteiger partial charge in [-0.3, -0.25) is 4.79 Å². The van der Waals surface area contributed by atoms with E-state index in [2.05, 4.69) is 10.6 Å². The third-order valence-corrected chi connectivity index (χ3v) is 2.90. The van der Waals surface area contributed by atoms with Crippen LogP contribution in [0.15, 0.2) is 18.3 Å². The first-order valence-electron chi connectivity index (χ1n) is 6.19. The first kappa shape index (κ1) is 14.0. The summed E-state index contributed by atoms with van der Waals surface area (Å²) in [7, 11) is 0. The molecule has 0 spiro atoms. The molecule has 106 valence electrons. The molecule has 2 N–H and O–H groups in total. The molecular formula is C12H17F2N3O2. The molecule has 2 rings (SSSR count). The highest BCUT2D eigenvalue weighted by atomic mass is 19.3. The van der Waals surface area contributed by atoms with Crippen molar-refractivity contribution < 1.29 is 18.3 Å². The van der Waals surface area contributed by atoms with Crippen molar-refractivity contribution in [2.45, 2.75) is 19.0 Å². The Hall–Kier alpha value is -1.47. The van der Waals surface area contributed by atoms with Gasteiger partial charge in [-0.25, -0.2) is 8.78 Å². The molecule has 2 heterocycles. The average Bonchev–Trinajstić information content (AvgIpc) is 2.84. The molecule has 1 aliphatic heterocycles. The molecule has 0 saturated carbocycles. The fraction of sp³-hybridized carbons (Fsp3) is 0.583. The molecule has 0 aromatic carbocycles. The van der Waals surface area contributed by atoms with Crippen molar-refractivity contribution in [1.82, 2.24) is 15.2 Å². The largest absolute Gasteiger partial charge is 0.378 e. The predicted octanol–water partition coefficient (Wildman–Crippen LogP) is 0.471. The van der Waals surface area contributed by atoms with Crippen molar-refractivity contribution in [3.8, 4) is 0 Å². The number of hydrogen-bond acceptors (Lipinski definition) is 3. The zero-order chi connectivity index (χ0) is 13.7. The third-order valence-electron chi connectivity index (χ3n) is 2.90. The summed E-state index contributed by atoms with van der Waals surface area (Å²) in [5.41, 5.74) is 0.247. The molecule has 1 aliphatic rings. The van der Waals surface area contributed by atoms with Crippen molar-refractivity contribution in [2.24, 2.45) is 0 Å². The van der Waals surface area contributed by atoms with Gasteiger partial charge in [0.2, 0.25) is 0 Å². The van der Waals surface area contributed by atoms with Gasteiger partial charge in [0.25, 0.3) is 12.3 Å². The van der Waals surface area contributed by atoms with E-state index in [9.17, 15) is 13.6 Å². The molecule has 7 heteroatoms. The normalized spacial score (nSPS) is 19.6. The number of amides is 1. The van der Waals surface area contributed by atoms with Crippen LogP contribution in [0.4, 0.5) is 8.78 Å². The van der Waals surface area contributed by atoms with Gasteiger partial charge >= 0.3 is 0 Å². The maximum absolute atomic E-state index is 12.3. The van der Waals surface area contributed by atoms with E-state index in [1.807, 2.05) is 0 Å². The van der Waals surface area contributed by atoms with Crippen molar-refractivity contribution in [3.05, 3.63) is 24.0 Å². The number of halogens is 2. The summed E-state index contributed by atoms with van der Waals surface area (Å²) < 4.78 is 31.2. The number of aromatic nitrogens is 1. The summed E-state index contributed by atoms with van der Waals surface area (Å²) in [6.07, 6.45) is -1.00. The highest BCUT2D eigenvalue weighted by molar-refractivity contribution is 5.92. The first-order chi connectivity index (χ1) is 9.16. The molecule has 1 fully saturated rings. The van der Waals surface area contributed by atoms with Gasteiger partial charge < -0.3 is 19.9 Å². The van der Waals surface area contributed by atoms with E-state index in [1.54, 1.807) is 6.07 Å². The lowest BCUT2D eigenvalue weighted by atomic mass is 10.2. The molecule has 1 unspecified atom stereocenters. The number of carbonyl (C=O) groups is 1. The minimum absolute atomic E-state index is 0.0659.